The molecule has 4 aromatic heterocycles. The molecule has 9 nitrogen and oxygen atoms in total. The molecule has 0 unspecified atom stereocenters. The molecule has 0 atom stereocenters. The summed E-state index contributed by atoms with van der Waals surface area (Å²) >= 11 is 0. The maximum atomic E-state index is 5.81. The van der Waals surface area contributed by atoms with Crippen LogP contribution in [0, 0.1) is 27.7 Å². The van der Waals surface area contributed by atoms with Gasteiger partial charge < -0.3 is 19.6 Å². The van der Waals surface area contributed by atoms with Crippen LogP contribution in [-0.2, 0) is 0 Å². The lowest BCUT2D eigenvalue weighted by Gasteiger charge is -2.10. The molecule has 0 amide bonds. The van der Waals surface area contributed by atoms with E-state index < -0.39 is 0 Å². The van der Waals surface area contributed by atoms with Gasteiger partial charge in [-0.15, -0.1) is 0 Å². The summed E-state index contributed by atoms with van der Waals surface area (Å²) in [5.41, 5.74) is 7.30. The fraction of sp³-hybridized carbons (Fsp3) is 0.185. The summed E-state index contributed by atoms with van der Waals surface area (Å²) in [5.74, 6) is 3.46. The molecule has 0 aliphatic rings. The van der Waals surface area contributed by atoms with Crippen molar-refractivity contribution in [2.45, 2.75) is 27.7 Å². The first-order valence-electron chi connectivity index (χ1n) is 11.6. The average Bonchev–Trinajstić information content (AvgIpc) is 3.52. The Bertz CT molecular complexity index is 1730. The number of rotatable bonds is 5. The number of methoxy groups -OCH3 is 1. The van der Waals surface area contributed by atoms with E-state index in [9.17, 15) is 0 Å². The first kappa shape index (κ1) is 21.8. The summed E-state index contributed by atoms with van der Waals surface area (Å²) in [7, 11) is 1.66. The molecule has 0 saturated heterocycles. The molecular weight excluding hydrogens is 454 g/mol. The molecule has 0 fully saturated rings. The van der Waals surface area contributed by atoms with Gasteiger partial charge in [0.15, 0.2) is 5.82 Å². The summed E-state index contributed by atoms with van der Waals surface area (Å²) < 4.78 is 11.2. The molecule has 0 saturated carbocycles. The number of hydrogen-bond donors (Lipinski definition) is 3. The number of aromatic amines is 2. The van der Waals surface area contributed by atoms with Crippen molar-refractivity contribution in [1.29, 1.82) is 0 Å². The smallest absolute Gasteiger partial charge is 0.161 e. The number of benzene rings is 2. The van der Waals surface area contributed by atoms with E-state index in [-0.39, 0.29) is 0 Å². The molecule has 180 valence electrons. The lowest BCUT2D eigenvalue weighted by molar-refractivity contribution is 0.393. The van der Waals surface area contributed by atoms with Crippen molar-refractivity contribution in [1.82, 2.24) is 30.3 Å². The van der Waals surface area contributed by atoms with Gasteiger partial charge >= 0.3 is 0 Å². The Morgan fingerprint density at radius 1 is 0.944 bits per heavy atom. The monoisotopic (exact) mass is 479 g/mol. The first-order valence-corrected chi connectivity index (χ1v) is 11.6. The van der Waals surface area contributed by atoms with Gasteiger partial charge in [-0.3, -0.25) is 5.10 Å². The number of aryl methyl sites for hydroxylation is 4. The Morgan fingerprint density at radius 2 is 1.75 bits per heavy atom. The second-order valence-electron chi connectivity index (χ2n) is 8.83. The molecule has 0 bridgehead atoms. The quantitative estimate of drug-likeness (QED) is 0.272. The maximum Gasteiger partial charge on any atom is 0.161 e. The van der Waals surface area contributed by atoms with Crippen LogP contribution in [0.3, 0.4) is 0 Å². The number of nitrogens with zero attached hydrogens (tertiary/aromatic N) is 4. The highest BCUT2D eigenvalue weighted by molar-refractivity contribution is 6.13. The van der Waals surface area contributed by atoms with Crippen molar-refractivity contribution in [2.24, 2.45) is 0 Å². The van der Waals surface area contributed by atoms with E-state index in [2.05, 4.69) is 48.8 Å². The lowest BCUT2D eigenvalue weighted by Crippen LogP contribution is -2.00. The summed E-state index contributed by atoms with van der Waals surface area (Å²) in [6, 6.07) is 14.2. The largest absolute Gasteiger partial charge is 0.496 e. The van der Waals surface area contributed by atoms with E-state index in [0.29, 0.717) is 23.2 Å². The third-order valence-electron chi connectivity index (χ3n) is 6.43. The number of H-pyrrole nitrogens is 2. The molecule has 0 aliphatic carbocycles. The SMILES string of the molecule is COc1cc2c(cc1-c1c(C)noc1C)[nH]c1nc(C)nc(Nc3n[nH]c(C)c3-c3ccccc3)c12. The Balaban J connectivity index is 1.55. The van der Waals surface area contributed by atoms with Crippen molar-refractivity contribution < 1.29 is 9.26 Å². The van der Waals surface area contributed by atoms with Gasteiger partial charge in [0, 0.05) is 27.7 Å². The van der Waals surface area contributed by atoms with Crippen LogP contribution in [0.15, 0.2) is 47.0 Å². The van der Waals surface area contributed by atoms with E-state index >= 15 is 0 Å². The number of ether oxygens (including phenoxy) is 1. The van der Waals surface area contributed by atoms with Gasteiger partial charge in [-0.05, 0) is 45.4 Å². The van der Waals surface area contributed by atoms with Crippen LogP contribution in [0.2, 0.25) is 0 Å². The third-order valence-corrected chi connectivity index (χ3v) is 6.43. The Morgan fingerprint density at radius 3 is 2.47 bits per heavy atom. The van der Waals surface area contributed by atoms with E-state index in [0.717, 1.165) is 61.3 Å². The molecule has 6 rings (SSSR count). The molecular formula is C27H25N7O2. The summed E-state index contributed by atoms with van der Waals surface area (Å²) in [5, 5.41) is 17.0. The molecule has 36 heavy (non-hydrogen) atoms. The average molecular weight is 480 g/mol. The van der Waals surface area contributed by atoms with E-state index in [1.54, 1.807) is 7.11 Å². The van der Waals surface area contributed by atoms with Crippen LogP contribution in [0.1, 0.15) is 23.0 Å². The zero-order valence-electron chi connectivity index (χ0n) is 20.6. The number of hydrogen-bond acceptors (Lipinski definition) is 7. The Labute approximate surface area is 206 Å². The standard InChI is InChI=1S/C27H25N7O2/c1-13-23(17-9-7-6-8-10-17)27(33-32-13)31-26-24-18-12-21(35-5)19(22-14(2)34-36-15(22)3)11-20(18)30-25(24)28-16(4)29-26/h6-12H,1-5H3,(H3,28,29,30,31,32,33). The summed E-state index contributed by atoms with van der Waals surface area (Å²) in [6.45, 7) is 7.71. The van der Waals surface area contributed by atoms with E-state index in [1.165, 1.54) is 0 Å². The minimum atomic E-state index is 0.642. The van der Waals surface area contributed by atoms with Crippen molar-refractivity contribution >= 4 is 33.6 Å². The molecule has 2 aromatic carbocycles. The molecule has 0 radical (unpaired) electrons. The topological polar surface area (TPSA) is 118 Å². The second kappa shape index (κ2) is 8.23. The predicted molar refractivity (Wildman–Crippen MR) is 140 cm³/mol. The van der Waals surface area contributed by atoms with Crippen molar-refractivity contribution in [3.05, 3.63) is 65.4 Å². The highest BCUT2D eigenvalue weighted by Crippen LogP contribution is 2.41. The van der Waals surface area contributed by atoms with E-state index in [1.807, 2.05) is 52.0 Å². The van der Waals surface area contributed by atoms with Crippen LogP contribution in [-0.4, -0.2) is 37.4 Å². The lowest BCUT2D eigenvalue weighted by atomic mass is 10.0. The van der Waals surface area contributed by atoms with Crippen LogP contribution >= 0.6 is 0 Å². The fourth-order valence-electron chi connectivity index (χ4n) is 4.85. The normalized spacial score (nSPS) is 11.5. The Kier molecular flexibility index (Phi) is 4.99. The number of nitrogens with one attached hydrogen (secondary N) is 3. The van der Waals surface area contributed by atoms with Gasteiger partial charge in [-0.25, -0.2) is 9.97 Å². The first-order chi connectivity index (χ1) is 17.4. The highest BCUT2D eigenvalue weighted by atomic mass is 16.5. The van der Waals surface area contributed by atoms with Gasteiger partial charge in [0.05, 0.1) is 23.8 Å². The van der Waals surface area contributed by atoms with Crippen LogP contribution < -0.4 is 10.1 Å². The zero-order valence-corrected chi connectivity index (χ0v) is 20.6. The zero-order chi connectivity index (χ0) is 25.0. The number of aromatic nitrogens is 6. The number of fused-ring (bicyclic) bond motifs is 3. The van der Waals surface area contributed by atoms with Crippen LogP contribution in [0.4, 0.5) is 11.6 Å². The van der Waals surface area contributed by atoms with E-state index in [4.69, 9.17) is 14.2 Å². The highest BCUT2D eigenvalue weighted by Gasteiger charge is 2.21. The molecule has 0 spiro atoms. The van der Waals surface area contributed by atoms with Crippen LogP contribution in [0.5, 0.6) is 5.75 Å². The summed E-state index contributed by atoms with van der Waals surface area (Å²) in [4.78, 5) is 12.9. The van der Waals surface area contributed by atoms with Crippen molar-refractivity contribution in [3.63, 3.8) is 0 Å². The third kappa shape index (κ3) is 3.39. The van der Waals surface area contributed by atoms with Crippen molar-refractivity contribution in [3.8, 4) is 28.0 Å². The molecule has 4 heterocycles. The van der Waals surface area contributed by atoms with Gasteiger partial charge in [0.2, 0.25) is 0 Å². The maximum absolute atomic E-state index is 5.81. The molecule has 3 N–H and O–H groups in total. The molecule has 9 heteroatoms. The van der Waals surface area contributed by atoms with Gasteiger partial charge in [0.25, 0.3) is 0 Å². The van der Waals surface area contributed by atoms with Gasteiger partial charge in [0.1, 0.15) is 28.8 Å². The summed E-state index contributed by atoms with van der Waals surface area (Å²) in [6.07, 6.45) is 0. The fourth-order valence-corrected chi connectivity index (χ4v) is 4.85. The second-order valence-corrected chi connectivity index (χ2v) is 8.83. The van der Waals surface area contributed by atoms with Crippen molar-refractivity contribution in [2.75, 3.05) is 12.4 Å². The molecule has 0 aliphatic heterocycles. The molecule has 6 aromatic rings. The minimum Gasteiger partial charge on any atom is -0.496 e. The minimum absolute atomic E-state index is 0.642. The predicted octanol–water partition coefficient (Wildman–Crippen LogP) is 6.14. The van der Waals surface area contributed by atoms with Gasteiger partial charge in [-0.1, -0.05) is 35.5 Å². The number of anilines is 2. The van der Waals surface area contributed by atoms with Gasteiger partial charge in [-0.2, -0.15) is 5.10 Å². The van der Waals surface area contributed by atoms with Crippen LogP contribution in [0.25, 0.3) is 44.2 Å². The Hall–Kier alpha value is -4.66.